The van der Waals surface area contributed by atoms with Crippen LogP contribution in [-0.2, 0) is 26.6 Å². The monoisotopic (exact) mass is 499 g/mol. The molecule has 0 saturated carbocycles. The second-order valence-electron chi connectivity index (χ2n) is 7.56. The third-order valence-electron chi connectivity index (χ3n) is 5.78. The van der Waals surface area contributed by atoms with Gasteiger partial charge in [-0.15, -0.1) is 12.4 Å². The Balaban J connectivity index is 0.00000231. The van der Waals surface area contributed by atoms with E-state index in [0.29, 0.717) is 16.8 Å². The Labute approximate surface area is 195 Å². The molecule has 0 atom stereocenters. The number of aryl methyl sites for hydroxylation is 1. The van der Waals surface area contributed by atoms with Crippen LogP contribution in [0.15, 0.2) is 70.1 Å². The van der Waals surface area contributed by atoms with Gasteiger partial charge in [0.15, 0.2) is 0 Å². The van der Waals surface area contributed by atoms with Crippen molar-refractivity contribution in [3.05, 3.63) is 92.4 Å². The average molecular weight is 501 g/mol. The highest BCUT2D eigenvalue weighted by atomic mass is 79.9. The predicted molar refractivity (Wildman–Crippen MR) is 130 cm³/mol. The van der Waals surface area contributed by atoms with Crippen molar-refractivity contribution < 1.29 is 4.74 Å². The number of nitrogens with zero attached hydrogens (tertiary/aromatic N) is 2. The van der Waals surface area contributed by atoms with Gasteiger partial charge < -0.3 is 14.6 Å². The van der Waals surface area contributed by atoms with E-state index in [2.05, 4.69) is 45.0 Å². The van der Waals surface area contributed by atoms with Gasteiger partial charge in [0, 0.05) is 30.9 Å². The summed E-state index contributed by atoms with van der Waals surface area (Å²) in [6, 6.07) is 18.0. The van der Waals surface area contributed by atoms with Crippen molar-refractivity contribution in [3.8, 4) is 11.4 Å². The maximum Gasteiger partial charge on any atom is 0.273 e. The van der Waals surface area contributed by atoms with E-state index >= 15 is 0 Å². The number of halogens is 2. The van der Waals surface area contributed by atoms with Crippen LogP contribution in [0.2, 0.25) is 0 Å². The summed E-state index contributed by atoms with van der Waals surface area (Å²) in [7, 11) is 2.09. The molecular weight excluding hydrogens is 478 g/mol. The molecule has 1 aliphatic rings. The Hall–Kier alpha value is -2.54. The van der Waals surface area contributed by atoms with Gasteiger partial charge in [0.25, 0.3) is 5.56 Å². The molecule has 1 N–H and O–H groups in total. The molecule has 0 radical (unpaired) electrons. The van der Waals surface area contributed by atoms with E-state index < -0.39 is 0 Å². The lowest BCUT2D eigenvalue weighted by Crippen LogP contribution is -2.24. The molecule has 4 aromatic rings. The van der Waals surface area contributed by atoms with Gasteiger partial charge in [-0.1, -0.05) is 36.4 Å². The second-order valence-corrected chi connectivity index (χ2v) is 8.35. The van der Waals surface area contributed by atoms with Crippen molar-refractivity contribution in [2.75, 3.05) is 6.54 Å². The number of rotatable bonds is 4. The Kier molecular flexibility index (Phi) is 6.23. The summed E-state index contributed by atoms with van der Waals surface area (Å²) in [6.45, 7) is 2.30. The molecule has 0 unspecified atom stereocenters. The second kappa shape index (κ2) is 8.91. The number of hydrogen-bond acceptors (Lipinski definition) is 3. The van der Waals surface area contributed by atoms with E-state index in [-0.39, 0.29) is 18.0 Å². The minimum atomic E-state index is -0.138. The number of nitrogens with one attached hydrogen (secondary N) is 1. The zero-order valence-electron chi connectivity index (χ0n) is 17.1. The molecule has 2 aromatic heterocycles. The molecule has 0 spiro atoms. The summed E-state index contributed by atoms with van der Waals surface area (Å²) < 4.78 is 10.2. The molecule has 0 saturated heterocycles. The number of ether oxygens (including phenoxy) is 1. The first-order valence-corrected chi connectivity index (χ1v) is 10.8. The van der Waals surface area contributed by atoms with E-state index in [1.54, 1.807) is 10.8 Å². The Bertz CT molecular complexity index is 1300. The van der Waals surface area contributed by atoms with Gasteiger partial charge in [0.1, 0.15) is 16.8 Å². The van der Waals surface area contributed by atoms with Crippen molar-refractivity contribution in [1.82, 2.24) is 14.5 Å². The first-order chi connectivity index (χ1) is 14.6. The molecular formula is C24H23BrClN3O2. The molecule has 3 heterocycles. The van der Waals surface area contributed by atoms with Crippen LogP contribution in [0.3, 0.4) is 0 Å². The molecule has 1 aliphatic heterocycles. The molecule has 160 valence electrons. The van der Waals surface area contributed by atoms with Crippen LogP contribution in [-0.4, -0.2) is 15.7 Å². The third-order valence-corrected chi connectivity index (χ3v) is 6.51. The van der Waals surface area contributed by atoms with E-state index in [1.165, 1.54) is 16.6 Å². The molecule has 2 aromatic carbocycles. The standard InChI is InChI=1S/C24H22BrN3O2.ClH/c1-27-20-13-17(7-8-18(20)19-9-11-26-14-21(19)27)28-12-10-22(23(25)24(28)29)30-15-16-5-3-2-4-6-16;/h2-8,10,12-13,26H,9,11,14-15H2,1H3;1H. The van der Waals surface area contributed by atoms with Gasteiger partial charge in [-0.05, 0) is 58.2 Å². The van der Waals surface area contributed by atoms with Gasteiger partial charge in [-0.2, -0.15) is 0 Å². The molecule has 0 bridgehead atoms. The highest BCUT2D eigenvalue weighted by Gasteiger charge is 2.19. The SMILES string of the molecule is Cl.Cn1c2c(c3ccc(-n4ccc(OCc5ccccc5)c(Br)c4=O)cc31)CCNC2. The third kappa shape index (κ3) is 3.91. The maximum absolute atomic E-state index is 13.0. The highest BCUT2D eigenvalue weighted by molar-refractivity contribution is 9.10. The number of fused-ring (bicyclic) bond motifs is 3. The summed E-state index contributed by atoms with van der Waals surface area (Å²) in [5, 5.41) is 4.71. The Morgan fingerprint density at radius 3 is 2.74 bits per heavy atom. The van der Waals surface area contributed by atoms with Crippen molar-refractivity contribution in [2.45, 2.75) is 19.6 Å². The van der Waals surface area contributed by atoms with Crippen LogP contribution in [0.25, 0.3) is 16.6 Å². The molecule has 5 rings (SSSR count). The lowest BCUT2D eigenvalue weighted by atomic mass is 10.0. The maximum atomic E-state index is 13.0. The molecule has 5 nitrogen and oxygen atoms in total. The van der Waals surface area contributed by atoms with Crippen LogP contribution in [0.1, 0.15) is 16.8 Å². The van der Waals surface area contributed by atoms with Crippen LogP contribution < -0.4 is 15.6 Å². The van der Waals surface area contributed by atoms with Gasteiger partial charge in [-0.3, -0.25) is 9.36 Å². The lowest BCUT2D eigenvalue weighted by molar-refractivity contribution is 0.303. The van der Waals surface area contributed by atoms with E-state index in [4.69, 9.17) is 4.74 Å². The van der Waals surface area contributed by atoms with E-state index in [9.17, 15) is 4.79 Å². The molecule has 31 heavy (non-hydrogen) atoms. The first-order valence-electron chi connectivity index (χ1n) is 10.0. The summed E-state index contributed by atoms with van der Waals surface area (Å²) in [5.41, 5.74) is 5.65. The molecule has 7 heteroatoms. The average Bonchev–Trinajstić information content (AvgIpc) is 3.07. The number of aromatic nitrogens is 2. The fraction of sp³-hybridized carbons (Fsp3) is 0.208. The Morgan fingerprint density at radius 2 is 1.94 bits per heavy atom. The van der Waals surface area contributed by atoms with Crippen molar-refractivity contribution in [1.29, 1.82) is 0 Å². The van der Waals surface area contributed by atoms with Crippen LogP contribution in [0, 0.1) is 0 Å². The quantitative estimate of drug-likeness (QED) is 0.440. The zero-order chi connectivity index (χ0) is 20.7. The minimum absolute atomic E-state index is 0. The van der Waals surface area contributed by atoms with Crippen LogP contribution in [0.4, 0.5) is 0 Å². The fourth-order valence-electron chi connectivity index (χ4n) is 4.17. The first kappa shape index (κ1) is 21.7. The van der Waals surface area contributed by atoms with Crippen LogP contribution in [0.5, 0.6) is 5.75 Å². The summed E-state index contributed by atoms with van der Waals surface area (Å²) in [6.07, 6.45) is 2.81. The number of benzene rings is 2. The van der Waals surface area contributed by atoms with Gasteiger partial charge in [0.05, 0.1) is 11.2 Å². The Morgan fingerprint density at radius 1 is 1.13 bits per heavy atom. The van der Waals surface area contributed by atoms with Crippen molar-refractivity contribution in [3.63, 3.8) is 0 Å². The lowest BCUT2D eigenvalue weighted by Gasteiger charge is -2.14. The van der Waals surface area contributed by atoms with Gasteiger partial charge >= 0.3 is 0 Å². The summed E-state index contributed by atoms with van der Waals surface area (Å²) in [4.78, 5) is 13.0. The van der Waals surface area contributed by atoms with Crippen molar-refractivity contribution >= 4 is 39.2 Å². The minimum Gasteiger partial charge on any atom is -0.487 e. The number of pyridine rings is 1. The number of hydrogen-bond donors (Lipinski definition) is 1. The van der Waals surface area contributed by atoms with Gasteiger partial charge in [0.2, 0.25) is 0 Å². The molecule has 0 amide bonds. The fourth-order valence-corrected chi connectivity index (χ4v) is 4.61. The molecule has 0 fully saturated rings. The van der Waals surface area contributed by atoms with Crippen molar-refractivity contribution in [2.24, 2.45) is 7.05 Å². The van der Waals surface area contributed by atoms with E-state index in [1.807, 2.05) is 42.5 Å². The largest absolute Gasteiger partial charge is 0.487 e. The topological polar surface area (TPSA) is 48.2 Å². The summed E-state index contributed by atoms with van der Waals surface area (Å²) >= 11 is 3.44. The smallest absolute Gasteiger partial charge is 0.273 e. The zero-order valence-corrected chi connectivity index (χ0v) is 19.5. The normalized spacial score (nSPS) is 13.0. The van der Waals surface area contributed by atoms with Crippen LogP contribution >= 0.6 is 28.3 Å². The highest BCUT2D eigenvalue weighted by Crippen LogP contribution is 2.30. The molecule has 0 aliphatic carbocycles. The predicted octanol–water partition coefficient (Wildman–Crippen LogP) is 4.74. The summed E-state index contributed by atoms with van der Waals surface area (Å²) in [5.74, 6) is 0.543. The van der Waals surface area contributed by atoms with E-state index in [0.717, 1.165) is 36.3 Å². The van der Waals surface area contributed by atoms with Gasteiger partial charge in [-0.25, -0.2) is 0 Å².